The molecule has 18 heavy (non-hydrogen) atoms. The lowest BCUT2D eigenvalue weighted by atomic mass is 9.97. The van der Waals surface area contributed by atoms with Crippen molar-refractivity contribution < 1.29 is 4.42 Å². The van der Waals surface area contributed by atoms with Gasteiger partial charge in [0.2, 0.25) is 0 Å². The van der Waals surface area contributed by atoms with Crippen LogP contribution in [0.25, 0.3) is 11.0 Å². The molecule has 1 aromatic carbocycles. The Morgan fingerprint density at radius 3 is 3.06 bits per heavy atom. The summed E-state index contributed by atoms with van der Waals surface area (Å²) in [4.78, 5) is 0. The Morgan fingerprint density at radius 1 is 1.44 bits per heavy atom. The Hall–Kier alpha value is -0.680. The molecular weight excluding hydrogens is 268 g/mol. The molecule has 2 heterocycles. The van der Waals surface area contributed by atoms with Crippen molar-refractivity contribution in [2.45, 2.75) is 12.5 Å². The molecule has 0 saturated carbocycles. The molecule has 0 radical (unpaired) electrons. The number of hydrogen-bond donors (Lipinski definition) is 2. The first-order chi connectivity index (χ1) is 8.78. The highest BCUT2D eigenvalue weighted by Crippen LogP contribution is 2.36. The third kappa shape index (κ3) is 2.26. The minimum Gasteiger partial charge on any atom is -0.459 e. The molecule has 5 heteroatoms. The van der Waals surface area contributed by atoms with Crippen LogP contribution in [0.2, 0.25) is 5.02 Å². The first-order valence-corrected chi connectivity index (χ1v) is 7.54. The first-order valence-electron chi connectivity index (χ1n) is 6.01. The van der Waals surface area contributed by atoms with Crippen molar-refractivity contribution >= 4 is 34.3 Å². The van der Waals surface area contributed by atoms with E-state index in [1.807, 2.05) is 36.0 Å². The summed E-state index contributed by atoms with van der Waals surface area (Å²) in [7, 11) is 0. The summed E-state index contributed by atoms with van der Waals surface area (Å²) in [5.74, 6) is 9.47. The summed E-state index contributed by atoms with van der Waals surface area (Å²) < 4.78 is 5.88. The van der Waals surface area contributed by atoms with Crippen LogP contribution in [0.3, 0.4) is 0 Å². The lowest BCUT2D eigenvalue weighted by Gasteiger charge is -2.19. The fourth-order valence-electron chi connectivity index (χ4n) is 2.45. The SMILES string of the molecule is NNC(c1cc2cc(Cl)ccc2o1)C1CCSC1. The Morgan fingerprint density at radius 2 is 2.33 bits per heavy atom. The maximum atomic E-state index is 5.98. The van der Waals surface area contributed by atoms with Crippen molar-refractivity contribution in [2.75, 3.05) is 11.5 Å². The number of rotatable bonds is 3. The van der Waals surface area contributed by atoms with Crippen molar-refractivity contribution in [1.29, 1.82) is 0 Å². The number of halogens is 1. The van der Waals surface area contributed by atoms with Gasteiger partial charge >= 0.3 is 0 Å². The normalized spacial score (nSPS) is 21.6. The van der Waals surface area contributed by atoms with Gasteiger partial charge in [-0.3, -0.25) is 5.84 Å². The second kappa shape index (κ2) is 5.13. The topological polar surface area (TPSA) is 51.2 Å². The summed E-state index contributed by atoms with van der Waals surface area (Å²) in [6, 6.07) is 7.78. The summed E-state index contributed by atoms with van der Waals surface area (Å²) >= 11 is 7.95. The van der Waals surface area contributed by atoms with E-state index in [0.717, 1.165) is 27.5 Å². The van der Waals surface area contributed by atoms with Gasteiger partial charge in [-0.05, 0) is 48.1 Å². The molecule has 2 unspecified atom stereocenters. The van der Waals surface area contributed by atoms with Gasteiger partial charge in [-0.2, -0.15) is 11.8 Å². The summed E-state index contributed by atoms with van der Waals surface area (Å²) in [6.45, 7) is 0. The quantitative estimate of drug-likeness (QED) is 0.670. The van der Waals surface area contributed by atoms with Gasteiger partial charge in [0.1, 0.15) is 11.3 Å². The summed E-state index contributed by atoms with van der Waals surface area (Å²) in [5.41, 5.74) is 3.76. The number of furan rings is 1. The molecule has 0 bridgehead atoms. The second-order valence-corrected chi connectivity index (χ2v) is 6.19. The largest absolute Gasteiger partial charge is 0.459 e. The molecule has 1 aliphatic heterocycles. The molecule has 1 fully saturated rings. The fourth-order valence-corrected chi connectivity index (χ4v) is 3.93. The molecule has 3 nitrogen and oxygen atoms in total. The van der Waals surface area contributed by atoms with E-state index in [1.165, 1.54) is 12.2 Å². The van der Waals surface area contributed by atoms with Crippen LogP contribution < -0.4 is 11.3 Å². The molecule has 1 saturated heterocycles. The van der Waals surface area contributed by atoms with E-state index in [4.69, 9.17) is 21.9 Å². The lowest BCUT2D eigenvalue weighted by molar-refractivity contribution is 0.342. The van der Waals surface area contributed by atoms with Crippen LogP contribution in [0, 0.1) is 5.92 Å². The van der Waals surface area contributed by atoms with Crippen LogP contribution in [0.15, 0.2) is 28.7 Å². The molecule has 2 atom stereocenters. The van der Waals surface area contributed by atoms with Gasteiger partial charge in [-0.15, -0.1) is 0 Å². The molecule has 1 aromatic heterocycles. The first kappa shape index (κ1) is 12.4. The van der Waals surface area contributed by atoms with Gasteiger partial charge in [-0.1, -0.05) is 11.6 Å². The van der Waals surface area contributed by atoms with Crippen molar-refractivity contribution in [3.63, 3.8) is 0 Å². The van der Waals surface area contributed by atoms with E-state index in [-0.39, 0.29) is 6.04 Å². The zero-order valence-corrected chi connectivity index (χ0v) is 11.4. The molecule has 0 amide bonds. The van der Waals surface area contributed by atoms with E-state index in [0.29, 0.717) is 5.92 Å². The lowest BCUT2D eigenvalue weighted by Crippen LogP contribution is -2.33. The van der Waals surface area contributed by atoms with Crippen molar-refractivity contribution in [3.05, 3.63) is 35.0 Å². The van der Waals surface area contributed by atoms with Gasteiger partial charge in [0.15, 0.2) is 0 Å². The number of hydrogen-bond acceptors (Lipinski definition) is 4. The zero-order valence-electron chi connectivity index (χ0n) is 9.86. The molecular formula is C13H15ClN2OS. The Bertz CT molecular complexity index is 551. The average molecular weight is 283 g/mol. The molecule has 96 valence electrons. The van der Waals surface area contributed by atoms with Crippen LogP contribution in [-0.2, 0) is 0 Å². The number of benzene rings is 1. The number of thioether (sulfide) groups is 1. The van der Waals surface area contributed by atoms with Gasteiger partial charge in [-0.25, -0.2) is 5.43 Å². The Labute approximate surface area is 115 Å². The minimum absolute atomic E-state index is 0.0891. The molecule has 3 rings (SSSR count). The number of fused-ring (bicyclic) bond motifs is 1. The standard InChI is InChI=1S/C13H15ClN2OS/c14-10-1-2-11-9(5-10)6-12(17-11)13(16-15)8-3-4-18-7-8/h1-2,5-6,8,13,16H,3-4,7,15H2. The van der Waals surface area contributed by atoms with Crippen LogP contribution in [-0.4, -0.2) is 11.5 Å². The number of nitrogens with one attached hydrogen (secondary N) is 1. The predicted octanol–water partition coefficient (Wildman–Crippen LogP) is 3.34. The highest BCUT2D eigenvalue weighted by Gasteiger charge is 2.28. The maximum absolute atomic E-state index is 5.98. The summed E-state index contributed by atoms with van der Waals surface area (Å²) in [6.07, 6.45) is 1.18. The number of nitrogens with two attached hydrogens (primary N) is 1. The zero-order chi connectivity index (χ0) is 12.5. The number of hydrazine groups is 1. The van der Waals surface area contributed by atoms with E-state index < -0.39 is 0 Å². The van der Waals surface area contributed by atoms with E-state index in [1.54, 1.807) is 0 Å². The van der Waals surface area contributed by atoms with Crippen LogP contribution in [0.4, 0.5) is 0 Å². The molecule has 0 spiro atoms. The van der Waals surface area contributed by atoms with E-state index >= 15 is 0 Å². The highest BCUT2D eigenvalue weighted by atomic mass is 35.5. The van der Waals surface area contributed by atoms with E-state index in [2.05, 4.69) is 5.43 Å². The smallest absolute Gasteiger partial charge is 0.134 e. The monoisotopic (exact) mass is 282 g/mol. The highest BCUT2D eigenvalue weighted by molar-refractivity contribution is 7.99. The molecule has 0 aliphatic carbocycles. The van der Waals surface area contributed by atoms with Crippen molar-refractivity contribution in [3.8, 4) is 0 Å². The van der Waals surface area contributed by atoms with Gasteiger partial charge in [0.25, 0.3) is 0 Å². The molecule has 3 N–H and O–H groups in total. The van der Waals surface area contributed by atoms with Gasteiger partial charge in [0, 0.05) is 10.4 Å². The summed E-state index contributed by atoms with van der Waals surface area (Å²) in [5, 5.41) is 1.76. The Kier molecular flexibility index (Phi) is 3.52. The second-order valence-electron chi connectivity index (χ2n) is 4.60. The van der Waals surface area contributed by atoms with Crippen molar-refractivity contribution in [2.24, 2.45) is 11.8 Å². The van der Waals surface area contributed by atoms with Crippen LogP contribution in [0.5, 0.6) is 0 Å². The van der Waals surface area contributed by atoms with Gasteiger partial charge < -0.3 is 4.42 Å². The predicted molar refractivity (Wildman–Crippen MR) is 76.7 cm³/mol. The van der Waals surface area contributed by atoms with E-state index in [9.17, 15) is 0 Å². The maximum Gasteiger partial charge on any atom is 0.134 e. The Balaban J connectivity index is 1.96. The third-order valence-electron chi connectivity index (χ3n) is 3.42. The van der Waals surface area contributed by atoms with Crippen molar-refractivity contribution in [1.82, 2.24) is 5.43 Å². The minimum atomic E-state index is 0.0891. The van der Waals surface area contributed by atoms with Crippen LogP contribution >= 0.6 is 23.4 Å². The van der Waals surface area contributed by atoms with Crippen LogP contribution in [0.1, 0.15) is 18.2 Å². The average Bonchev–Trinajstić information content (AvgIpc) is 2.98. The molecule has 1 aliphatic rings. The third-order valence-corrected chi connectivity index (χ3v) is 4.84. The van der Waals surface area contributed by atoms with Gasteiger partial charge in [0.05, 0.1) is 6.04 Å². The molecule has 2 aromatic rings. The fraction of sp³-hybridized carbons (Fsp3) is 0.385.